The van der Waals surface area contributed by atoms with Gasteiger partial charge < -0.3 is 9.30 Å². The molecule has 0 atom stereocenters. The van der Waals surface area contributed by atoms with Gasteiger partial charge in [0, 0.05) is 30.8 Å². The van der Waals surface area contributed by atoms with E-state index in [-0.39, 0.29) is 5.97 Å². The number of esters is 1. The van der Waals surface area contributed by atoms with Gasteiger partial charge in [0.1, 0.15) is 0 Å². The van der Waals surface area contributed by atoms with Crippen molar-refractivity contribution in [2.24, 2.45) is 7.05 Å². The van der Waals surface area contributed by atoms with Crippen LogP contribution in [0.4, 0.5) is 0 Å². The maximum absolute atomic E-state index is 11.6. The molecule has 2 heterocycles. The Hall–Kier alpha value is -2.67. The summed E-state index contributed by atoms with van der Waals surface area (Å²) in [5.41, 5.74) is 2.54. The second kappa shape index (κ2) is 7.27. The second-order valence-corrected chi connectivity index (χ2v) is 6.02. The van der Waals surface area contributed by atoms with E-state index in [1.165, 1.54) is 7.11 Å². The molecule has 122 valence electrons. The third kappa shape index (κ3) is 3.46. The standard InChI is InChI=1S/C17H16N4O2S/c1-21-15(13-6-8-18-9-7-13)19-20-17(21)24-11-12-4-3-5-14(10-12)16(22)23-2/h3-10H,11H2,1-2H3. The number of hydrogen-bond acceptors (Lipinski definition) is 6. The molecule has 6 nitrogen and oxygen atoms in total. The van der Waals surface area contributed by atoms with Gasteiger partial charge in [0.15, 0.2) is 11.0 Å². The molecule has 0 aliphatic heterocycles. The van der Waals surface area contributed by atoms with E-state index in [9.17, 15) is 4.79 Å². The highest BCUT2D eigenvalue weighted by Crippen LogP contribution is 2.25. The zero-order chi connectivity index (χ0) is 16.9. The molecule has 0 bridgehead atoms. The van der Waals surface area contributed by atoms with Crippen molar-refractivity contribution in [2.75, 3.05) is 7.11 Å². The summed E-state index contributed by atoms with van der Waals surface area (Å²) in [6.45, 7) is 0. The Morgan fingerprint density at radius 1 is 1.21 bits per heavy atom. The lowest BCUT2D eigenvalue weighted by Gasteiger charge is -2.05. The van der Waals surface area contributed by atoms with E-state index in [4.69, 9.17) is 4.74 Å². The molecule has 3 aromatic rings. The van der Waals surface area contributed by atoms with Crippen LogP contribution in [0.15, 0.2) is 53.9 Å². The molecule has 0 saturated carbocycles. The second-order valence-electron chi connectivity index (χ2n) is 5.08. The summed E-state index contributed by atoms with van der Waals surface area (Å²) in [5.74, 6) is 1.15. The van der Waals surface area contributed by atoms with Gasteiger partial charge in [-0.3, -0.25) is 4.98 Å². The van der Waals surface area contributed by atoms with Gasteiger partial charge in [0.2, 0.25) is 0 Å². The lowest BCUT2D eigenvalue weighted by molar-refractivity contribution is 0.0600. The van der Waals surface area contributed by atoms with Crippen LogP contribution in [0.25, 0.3) is 11.4 Å². The fraction of sp³-hybridized carbons (Fsp3) is 0.176. The van der Waals surface area contributed by atoms with E-state index < -0.39 is 0 Å². The van der Waals surface area contributed by atoms with Crippen molar-refractivity contribution in [3.63, 3.8) is 0 Å². The molecule has 2 aromatic heterocycles. The molecule has 0 aliphatic rings. The predicted molar refractivity (Wildman–Crippen MR) is 91.6 cm³/mol. The quantitative estimate of drug-likeness (QED) is 0.525. The Balaban J connectivity index is 1.74. The summed E-state index contributed by atoms with van der Waals surface area (Å²) in [7, 11) is 3.31. The summed E-state index contributed by atoms with van der Waals surface area (Å²) >= 11 is 1.57. The van der Waals surface area contributed by atoms with E-state index in [2.05, 4.69) is 15.2 Å². The average Bonchev–Trinajstić information content (AvgIpc) is 3.01. The molecule has 3 rings (SSSR count). The Kier molecular flexibility index (Phi) is 4.90. The lowest BCUT2D eigenvalue weighted by atomic mass is 10.1. The van der Waals surface area contributed by atoms with Crippen molar-refractivity contribution in [3.8, 4) is 11.4 Å². The third-order valence-electron chi connectivity index (χ3n) is 3.49. The van der Waals surface area contributed by atoms with Gasteiger partial charge in [-0.15, -0.1) is 10.2 Å². The minimum Gasteiger partial charge on any atom is -0.465 e. The van der Waals surface area contributed by atoms with Gasteiger partial charge in [0.25, 0.3) is 0 Å². The number of pyridine rings is 1. The summed E-state index contributed by atoms with van der Waals surface area (Å²) < 4.78 is 6.70. The molecule has 0 N–H and O–H groups in total. The number of carbonyl (C=O) groups is 1. The van der Waals surface area contributed by atoms with E-state index in [0.717, 1.165) is 22.1 Å². The van der Waals surface area contributed by atoms with Gasteiger partial charge in [-0.25, -0.2) is 4.79 Å². The highest BCUT2D eigenvalue weighted by molar-refractivity contribution is 7.98. The molecule has 0 aliphatic carbocycles. The first-order chi connectivity index (χ1) is 11.7. The van der Waals surface area contributed by atoms with E-state index in [1.54, 1.807) is 30.2 Å². The maximum atomic E-state index is 11.6. The zero-order valence-electron chi connectivity index (χ0n) is 13.3. The average molecular weight is 340 g/mol. The number of hydrogen-bond donors (Lipinski definition) is 0. The summed E-state index contributed by atoms with van der Waals surface area (Å²) in [4.78, 5) is 15.6. The van der Waals surface area contributed by atoms with Crippen molar-refractivity contribution < 1.29 is 9.53 Å². The number of carbonyl (C=O) groups excluding carboxylic acids is 1. The maximum Gasteiger partial charge on any atom is 0.337 e. The number of benzene rings is 1. The first-order valence-corrected chi connectivity index (χ1v) is 8.27. The Bertz CT molecular complexity index is 849. The van der Waals surface area contributed by atoms with Gasteiger partial charge in [-0.2, -0.15) is 0 Å². The molecule has 0 saturated heterocycles. The van der Waals surface area contributed by atoms with Crippen LogP contribution in [0.2, 0.25) is 0 Å². The number of ether oxygens (including phenoxy) is 1. The number of nitrogens with zero attached hydrogens (tertiary/aromatic N) is 4. The smallest absolute Gasteiger partial charge is 0.337 e. The van der Waals surface area contributed by atoms with E-state index >= 15 is 0 Å². The van der Waals surface area contributed by atoms with Crippen LogP contribution in [0.5, 0.6) is 0 Å². The van der Waals surface area contributed by atoms with Gasteiger partial charge in [-0.1, -0.05) is 23.9 Å². The van der Waals surface area contributed by atoms with Crippen LogP contribution in [0, 0.1) is 0 Å². The summed E-state index contributed by atoms with van der Waals surface area (Å²) in [6, 6.07) is 11.2. The highest BCUT2D eigenvalue weighted by Gasteiger charge is 2.12. The van der Waals surface area contributed by atoms with Crippen molar-refractivity contribution >= 4 is 17.7 Å². The Morgan fingerprint density at radius 2 is 2.00 bits per heavy atom. The first kappa shape index (κ1) is 16.2. The topological polar surface area (TPSA) is 69.9 Å². The fourth-order valence-corrected chi connectivity index (χ4v) is 3.10. The normalized spacial score (nSPS) is 10.6. The van der Waals surface area contributed by atoms with Crippen molar-refractivity contribution in [1.82, 2.24) is 19.7 Å². The largest absolute Gasteiger partial charge is 0.465 e. The molecule has 24 heavy (non-hydrogen) atoms. The SMILES string of the molecule is COC(=O)c1cccc(CSc2nnc(-c3ccncc3)n2C)c1. The Labute approximate surface area is 143 Å². The van der Waals surface area contributed by atoms with E-state index in [1.807, 2.05) is 41.9 Å². The molecule has 0 radical (unpaired) electrons. The van der Waals surface area contributed by atoms with Crippen LogP contribution >= 0.6 is 11.8 Å². The van der Waals surface area contributed by atoms with Crippen LogP contribution in [-0.2, 0) is 17.5 Å². The molecule has 0 amide bonds. The first-order valence-electron chi connectivity index (χ1n) is 7.29. The molecular weight excluding hydrogens is 324 g/mol. The number of aromatic nitrogens is 4. The van der Waals surface area contributed by atoms with Crippen molar-refractivity contribution in [1.29, 1.82) is 0 Å². The lowest BCUT2D eigenvalue weighted by Crippen LogP contribution is -2.01. The minimum atomic E-state index is -0.333. The van der Waals surface area contributed by atoms with Gasteiger partial charge >= 0.3 is 5.97 Å². The van der Waals surface area contributed by atoms with Crippen molar-refractivity contribution in [2.45, 2.75) is 10.9 Å². The summed E-state index contributed by atoms with van der Waals surface area (Å²) in [5, 5.41) is 9.30. The highest BCUT2D eigenvalue weighted by atomic mass is 32.2. The monoisotopic (exact) mass is 340 g/mol. The van der Waals surface area contributed by atoms with Crippen LogP contribution in [0.1, 0.15) is 15.9 Å². The summed E-state index contributed by atoms with van der Waals surface area (Å²) in [6.07, 6.45) is 3.46. The molecule has 0 unspecified atom stereocenters. The molecule has 1 aromatic carbocycles. The molecule has 0 spiro atoms. The van der Waals surface area contributed by atoms with Crippen LogP contribution in [0.3, 0.4) is 0 Å². The molecular formula is C17H16N4O2S. The number of rotatable bonds is 5. The Morgan fingerprint density at radius 3 is 2.75 bits per heavy atom. The number of thioether (sulfide) groups is 1. The zero-order valence-corrected chi connectivity index (χ0v) is 14.2. The minimum absolute atomic E-state index is 0.333. The van der Waals surface area contributed by atoms with Gasteiger partial charge in [0.05, 0.1) is 12.7 Å². The molecule has 0 fully saturated rings. The predicted octanol–water partition coefficient (Wildman–Crippen LogP) is 2.96. The number of methoxy groups -OCH3 is 1. The van der Waals surface area contributed by atoms with Crippen LogP contribution < -0.4 is 0 Å². The van der Waals surface area contributed by atoms with E-state index in [0.29, 0.717) is 11.3 Å². The fourth-order valence-electron chi connectivity index (χ4n) is 2.25. The van der Waals surface area contributed by atoms with Crippen molar-refractivity contribution in [3.05, 3.63) is 59.9 Å². The third-order valence-corrected chi connectivity index (χ3v) is 4.58. The van der Waals surface area contributed by atoms with Crippen LogP contribution in [-0.4, -0.2) is 32.8 Å². The van der Waals surface area contributed by atoms with Gasteiger partial charge in [-0.05, 0) is 29.8 Å². The molecule has 7 heteroatoms.